The molecule has 2 fully saturated rings. The highest BCUT2D eigenvalue weighted by atomic mass is 19.1. The Labute approximate surface area is 97.7 Å². The third-order valence-electron chi connectivity index (χ3n) is 4.06. The Morgan fingerprint density at radius 2 is 1.75 bits per heavy atom. The van der Waals surface area contributed by atoms with E-state index in [1.54, 1.807) is 6.92 Å². The average molecular weight is 229 g/mol. The molecule has 0 saturated carbocycles. The summed E-state index contributed by atoms with van der Waals surface area (Å²) < 4.78 is 13.6. The first-order valence-electron chi connectivity index (χ1n) is 6.46. The highest BCUT2D eigenvalue weighted by Crippen LogP contribution is 2.27. The van der Waals surface area contributed by atoms with Gasteiger partial charge >= 0.3 is 0 Å². The van der Waals surface area contributed by atoms with Crippen molar-refractivity contribution in [2.45, 2.75) is 38.3 Å². The number of hydrogen-bond acceptors (Lipinski definition) is 3. The molecule has 0 aliphatic carbocycles. The zero-order valence-corrected chi connectivity index (χ0v) is 10.3. The molecular formula is C12H24FN3. The lowest BCUT2D eigenvalue weighted by Crippen LogP contribution is -2.45. The maximum Gasteiger partial charge on any atom is 0.110 e. The van der Waals surface area contributed by atoms with Crippen LogP contribution < -0.4 is 5.84 Å². The van der Waals surface area contributed by atoms with Crippen LogP contribution in [0.2, 0.25) is 0 Å². The summed E-state index contributed by atoms with van der Waals surface area (Å²) in [5, 5.41) is 1.91. The second kappa shape index (κ2) is 4.98. The molecule has 2 heterocycles. The van der Waals surface area contributed by atoms with Crippen LogP contribution in [-0.4, -0.2) is 48.3 Å². The van der Waals surface area contributed by atoms with E-state index < -0.39 is 5.67 Å². The monoisotopic (exact) mass is 229 g/mol. The molecule has 0 aromatic heterocycles. The minimum Gasteiger partial charge on any atom is -0.303 e. The maximum atomic E-state index is 13.6. The van der Waals surface area contributed by atoms with Crippen molar-refractivity contribution in [2.75, 3.05) is 32.7 Å². The SMILES string of the molecule is CC1(F)CCN(CC2CCN(N)CC2)CC1. The topological polar surface area (TPSA) is 32.5 Å². The molecule has 0 spiro atoms. The van der Waals surface area contributed by atoms with E-state index >= 15 is 0 Å². The van der Waals surface area contributed by atoms with Crippen LogP contribution in [-0.2, 0) is 0 Å². The molecule has 0 aromatic rings. The fourth-order valence-electron chi connectivity index (χ4n) is 2.70. The molecule has 2 rings (SSSR count). The molecule has 4 heteroatoms. The van der Waals surface area contributed by atoms with E-state index in [9.17, 15) is 4.39 Å². The van der Waals surface area contributed by atoms with Crippen molar-refractivity contribution in [3.05, 3.63) is 0 Å². The molecule has 0 atom stereocenters. The highest BCUT2D eigenvalue weighted by Gasteiger charge is 2.30. The highest BCUT2D eigenvalue weighted by molar-refractivity contribution is 4.83. The van der Waals surface area contributed by atoms with Gasteiger partial charge in [-0.3, -0.25) is 5.84 Å². The van der Waals surface area contributed by atoms with Gasteiger partial charge in [-0.05, 0) is 38.5 Å². The molecule has 3 nitrogen and oxygen atoms in total. The van der Waals surface area contributed by atoms with E-state index in [4.69, 9.17) is 5.84 Å². The average Bonchev–Trinajstić information content (AvgIpc) is 2.24. The fraction of sp³-hybridized carbons (Fsp3) is 1.00. The lowest BCUT2D eigenvalue weighted by Gasteiger charge is -2.37. The summed E-state index contributed by atoms with van der Waals surface area (Å²) in [5.41, 5.74) is -0.920. The quantitative estimate of drug-likeness (QED) is 0.726. The molecule has 0 bridgehead atoms. The molecule has 0 radical (unpaired) electrons. The van der Waals surface area contributed by atoms with Gasteiger partial charge in [-0.25, -0.2) is 9.40 Å². The van der Waals surface area contributed by atoms with Gasteiger partial charge < -0.3 is 4.90 Å². The predicted molar refractivity (Wildman–Crippen MR) is 63.7 cm³/mol. The van der Waals surface area contributed by atoms with Gasteiger partial charge in [0.1, 0.15) is 5.67 Å². The lowest BCUT2D eigenvalue weighted by atomic mass is 9.92. The van der Waals surface area contributed by atoms with E-state index in [0.29, 0.717) is 12.8 Å². The number of hydrazine groups is 1. The number of halogens is 1. The summed E-state index contributed by atoms with van der Waals surface area (Å²) in [7, 11) is 0. The van der Waals surface area contributed by atoms with Crippen LogP contribution in [0, 0.1) is 5.92 Å². The van der Waals surface area contributed by atoms with Crippen molar-refractivity contribution in [1.29, 1.82) is 0 Å². The molecule has 94 valence electrons. The molecule has 2 aliphatic rings. The van der Waals surface area contributed by atoms with Crippen molar-refractivity contribution in [2.24, 2.45) is 11.8 Å². The zero-order chi connectivity index (χ0) is 11.6. The number of likely N-dealkylation sites (tertiary alicyclic amines) is 1. The van der Waals surface area contributed by atoms with Crippen molar-refractivity contribution in [3.8, 4) is 0 Å². The Morgan fingerprint density at radius 3 is 2.31 bits per heavy atom. The van der Waals surface area contributed by atoms with Crippen LogP contribution in [0.3, 0.4) is 0 Å². The summed E-state index contributed by atoms with van der Waals surface area (Å²) in [5.74, 6) is 6.50. The largest absolute Gasteiger partial charge is 0.303 e. The van der Waals surface area contributed by atoms with E-state index in [2.05, 4.69) is 4.90 Å². The first-order valence-corrected chi connectivity index (χ1v) is 6.46. The first-order chi connectivity index (χ1) is 7.55. The Kier molecular flexibility index (Phi) is 3.82. The fourth-order valence-corrected chi connectivity index (χ4v) is 2.70. The third-order valence-corrected chi connectivity index (χ3v) is 4.06. The smallest absolute Gasteiger partial charge is 0.110 e. The number of rotatable bonds is 2. The molecule has 0 unspecified atom stereocenters. The van der Waals surface area contributed by atoms with E-state index in [1.807, 2.05) is 5.01 Å². The summed E-state index contributed by atoms with van der Waals surface area (Å²) >= 11 is 0. The van der Waals surface area contributed by atoms with Crippen molar-refractivity contribution < 1.29 is 4.39 Å². The van der Waals surface area contributed by atoms with Crippen LogP contribution >= 0.6 is 0 Å². The van der Waals surface area contributed by atoms with Crippen molar-refractivity contribution >= 4 is 0 Å². The van der Waals surface area contributed by atoms with Crippen LogP contribution in [0.1, 0.15) is 32.6 Å². The third kappa shape index (κ3) is 3.40. The molecule has 2 N–H and O–H groups in total. The van der Waals surface area contributed by atoms with Gasteiger partial charge in [-0.2, -0.15) is 0 Å². The molecule has 16 heavy (non-hydrogen) atoms. The molecule has 2 aliphatic heterocycles. The van der Waals surface area contributed by atoms with Gasteiger partial charge in [-0.15, -0.1) is 0 Å². The number of nitrogens with two attached hydrogens (primary N) is 1. The standard InChI is InChI=1S/C12H24FN3/c1-12(13)4-8-15(9-5-12)10-11-2-6-16(14)7-3-11/h11H,2-10,14H2,1H3. The summed E-state index contributed by atoms with van der Waals surface area (Å²) in [4.78, 5) is 2.43. The second-order valence-electron chi connectivity index (χ2n) is 5.69. The zero-order valence-electron chi connectivity index (χ0n) is 10.3. The first kappa shape index (κ1) is 12.3. The Hall–Kier alpha value is -0.190. The van der Waals surface area contributed by atoms with Crippen molar-refractivity contribution in [1.82, 2.24) is 9.91 Å². The molecule has 0 amide bonds. The van der Waals surface area contributed by atoms with E-state index in [-0.39, 0.29) is 0 Å². The number of hydrogen-bond donors (Lipinski definition) is 1. The van der Waals surface area contributed by atoms with Gasteiger partial charge in [-0.1, -0.05) is 0 Å². The van der Waals surface area contributed by atoms with Crippen LogP contribution in [0.4, 0.5) is 4.39 Å². The summed E-state index contributed by atoms with van der Waals surface area (Å²) in [6.07, 6.45) is 3.78. The maximum absolute atomic E-state index is 13.6. The van der Waals surface area contributed by atoms with Gasteiger partial charge in [0.2, 0.25) is 0 Å². The molecular weight excluding hydrogens is 205 g/mol. The Bertz CT molecular complexity index is 214. The van der Waals surface area contributed by atoms with Gasteiger partial charge in [0.15, 0.2) is 0 Å². The van der Waals surface area contributed by atoms with E-state index in [0.717, 1.165) is 38.6 Å². The van der Waals surface area contributed by atoms with Gasteiger partial charge in [0.25, 0.3) is 0 Å². The summed E-state index contributed by atoms with van der Waals surface area (Å²) in [6.45, 7) is 6.76. The number of nitrogens with zero attached hydrogens (tertiary/aromatic N) is 2. The van der Waals surface area contributed by atoms with Crippen molar-refractivity contribution in [3.63, 3.8) is 0 Å². The normalized spacial score (nSPS) is 29.4. The minimum absolute atomic E-state index is 0.697. The molecule has 0 aromatic carbocycles. The van der Waals surface area contributed by atoms with E-state index in [1.165, 1.54) is 12.8 Å². The van der Waals surface area contributed by atoms with Gasteiger partial charge in [0.05, 0.1) is 0 Å². The minimum atomic E-state index is -0.920. The van der Waals surface area contributed by atoms with Gasteiger partial charge in [0, 0.05) is 32.7 Å². The summed E-state index contributed by atoms with van der Waals surface area (Å²) in [6, 6.07) is 0. The predicted octanol–water partition coefficient (Wildman–Crippen LogP) is 1.40. The number of alkyl halides is 1. The number of piperidine rings is 2. The lowest BCUT2D eigenvalue weighted by molar-refractivity contribution is 0.0567. The van der Waals surface area contributed by atoms with Crippen LogP contribution in [0.25, 0.3) is 0 Å². The Morgan fingerprint density at radius 1 is 1.19 bits per heavy atom. The molecule has 2 saturated heterocycles. The van der Waals surface area contributed by atoms with Crippen LogP contribution in [0.5, 0.6) is 0 Å². The Balaban J connectivity index is 1.71. The second-order valence-corrected chi connectivity index (χ2v) is 5.69. The van der Waals surface area contributed by atoms with Crippen LogP contribution in [0.15, 0.2) is 0 Å².